The zero-order chi connectivity index (χ0) is 16.7. The van der Waals surface area contributed by atoms with Gasteiger partial charge in [-0.15, -0.1) is 0 Å². The fourth-order valence-electron chi connectivity index (χ4n) is 1.94. The molecule has 23 heavy (non-hydrogen) atoms. The maximum atomic E-state index is 11.9. The number of carbonyl (C=O) groups is 2. The fraction of sp³-hybridized carbons (Fsp3) is 0.222. The SMILES string of the molecule is CC(=O)N(C)CC(=O)NCc1ccccc1Oc1ccccc1. The summed E-state index contributed by atoms with van der Waals surface area (Å²) < 4.78 is 5.85. The molecule has 0 fully saturated rings. The van der Waals surface area contributed by atoms with E-state index >= 15 is 0 Å². The molecule has 0 aromatic heterocycles. The number of benzene rings is 2. The smallest absolute Gasteiger partial charge is 0.239 e. The van der Waals surface area contributed by atoms with Crippen molar-refractivity contribution in [1.29, 1.82) is 0 Å². The van der Waals surface area contributed by atoms with Crippen LogP contribution in [-0.4, -0.2) is 30.3 Å². The standard InChI is InChI=1S/C18H20N2O3/c1-14(21)20(2)13-18(22)19-12-15-8-6-7-11-17(15)23-16-9-4-3-5-10-16/h3-11H,12-13H2,1-2H3,(H,19,22). The van der Waals surface area contributed by atoms with Crippen LogP contribution in [0.15, 0.2) is 54.6 Å². The average Bonchev–Trinajstić information content (AvgIpc) is 2.55. The van der Waals surface area contributed by atoms with Crippen molar-refractivity contribution >= 4 is 11.8 Å². The molecule has 0 saturated carbocycles. The lowest BCUT2D eigenvalue weighted by Gasteiger charge is -2.15. The van der Waals surface area contributed by atoms with E-state index in [2.05, 4.69) is 5.32 Å². The third-order valence-corrected chi connectivity index (χ3v) is 3.34. The summed E-state index contributed by atoms with van der Waals surface area (Å²) in [6, 6.07) is 17.0. The number of amides is 2. The lowest BCUT2D eigenvalue weighted by Crippen LogP contribution is -2.37. The van der Waals surface area contributed by atoms with Gasteiger partial charge in [-0.1, -0.05) is 36.4 Å². The summed E-state index contributed by atoms with van der Waals surface area (Å²) >= 11 is 0. The predicted octanol–water partition coefficient (Wildman–Crippen LogP) is 2.57. The molecule has 0 heterocycles. The van der Waals surface area contributed by atoms with Crippen molar-refractivity contribution in [2.75, 3.05) is 13.6 Å². The van der Waals surface area contributed by atoms with Gasteiger partial charge in [0.25, 0.3) is 0 Å². The summed E-state index contributed by atoms with van der Waals surface area (Å²) in [7, 11) is 1.59. The normalized spacial score (nSPS) is 10.0. The summed E-state index contributed by atoms with van der Waals surface area (Å²) in [6.45, 7) is 1.81. The van der Waals surface area contributed by atoms with Crippen molar-refractivity contribution < 1.29 is 14.3 Å². The van der Waals surface area contributed by atoms with E-state index in [0.29, 0.717) is 12.3 Å². The monoisotopic (exact) mass is 312 g/mol. The first-order chi connectivity index (χ1) is 11.1. The van der Waals surface area contributed by atoms with Gasteiger partial charge >= 0.3 is 0 Å². The van der Waals surface area contributed by atoms with E-state index in [1.54, 1.807) is 7.05 Å². The number of carbonyl (C=O) groups excluding carboxylic acids is 2. The quantitative estimate of drug-likeness (QED) is 0.892. The number of ether oxygens (including phenoxy) is 1. The Balaban J connectivity index is 1.98. The molecule has 0 aliphatic rings. The molecule has 0 spiro atoms. The number of hydrogen-bond donors (Lipinski definition) is 1. The predicted molar refractivity (Wildman–Crippen MR) is 88.1 cm³/mol. The molecule has 5 nitrogen and oxygen atoms in total. The van der Waals surface area contributed by atoms with E-state index in [0.717, 1.165) is 11.3 Å². The average molecular weight is 312 g/mol. The number of rotatable bonds is 6. The number of hydrogen-bond acceptors (Lipinski definition) is 3. The number of likely N-dealkylation sites (N-methyl/N-ethyl adjacent to an activating group) is 1. The molecule has 1 N–H and O–H groups in total. The highest BCUT2D eigenvalue weighted by Gasteiger charge is 2.10. The van der Waals surface area contributed by atoms with E-state index < -0.39 is 0 Å². The van der Waals surface area contributed by atoms with E-state index in [1.165, 1.54) is 11.8 Å². The van der Waals surface area contributed by atoms with Crippen LogP contribution in [0.5, 0.6) is 11.5 Å². The highest BCUT2D eigenvalue weighted by Crippen LogP contribution is 2.24. The van der Waals surface area contributed by atoms with E-state index in [1.807, 2.05) is 54.6 Å². The Bertz CT molecular complexity index is 671. The molecule has 0 unspecified atom stereocenters. The molecular formula is C18H20N2O3. The molecule has 5 heteroatoms. The van der Waals surface area contributed by atoms with Gasteiger partial charge in [-0.3, -0.25) is 9.59 Å². The van der Waals surface area contributed by atoms with Crippen LogP contribution in [0.2, 0.25) is 0 Å². The largest absolute Gasteiger partial charge is 0.457 e. The summed E-state index contributed by atoms with van der Waals surface area (Å²) in [5, 5.41) is 2.80. The molecule has 2 amide bonds. The van der Waals surface area contributed by atoms with Gasteiger partial charge in [-0.25, -0.2) is 0 Å². The van der Waals surface area contributed by atoms with Gasteiger partial charge in [-0.2, -0.15) is 0 Å². The summed E-state index contributed by atoms with van der Waals surface area (Å²) in [5.41, 5.74) is 0.871. The zero-order valence-corrected chi connectivity index (χ0v) is 13.3. The Hall–Kier alpha value is -2.82. The minimum absolute atomic E-state index is 0.0387. The van der Waals surface area contributed by atoms with Gasteiger partial charge in [0.05, 0.1) is 6.54 Å². The molecule has 2 aromatic rings. The summed E-state index contributed by atoms with van der Waals surface area (Å²) in [4.78, 5) is 24.4. The maximum Gasteiger partial charge on any atom is 0.239 e. The summed E-state index contributed by atoms with van der Waals surface area (Å²) in [6.07, 6.45) is 0. The van der Waals surface area contributed by atoms with Crippen molar-refractivity contribution in [3.63, 3.8) is 0 Å². The first-order valence-corrected chi connectivity index (χ1v) is 7.35. The molecule has 2 rings (SSSR count). The minimum Gasteiger partial charge on any atom is -0.457 e. The highest BCUT2D eigenvalue weighted by atomic mass is 16.5. The van der Waals surface area contributed by atoms with Gasteiger partial charge in [-0.05, 0) is 18.2 Å². The lowest BCUT2D eigenvalue weighted by molar-refractivity contribution is -0.133. The molecule has 0 aliphatic heterocycles. The summed E-state index contributed by atoms with van der Waals surface area (Å²) in [5.74, 6) is 1.08. The van der Waals surface area contributed by atoms with Crippen molar-refractivity contribution in [2.24, 2.45) is 0 Å². The molecule has 0 saturated heterocycles. The molecule has 2 aromatic carbocycles. The fourth-order valence-corrected chi connectivity index (χ4v) is 1.94. The van der Waals surface area contributed by atoms with Crippen LogP contribution >= 0.6 is 0 Å². The van der Waals surface area contributed by atoms with Crippen LogP contribution in [0.1, 0.15) is 12.5 Å². The third-order valence-electron chi connectivity index (χ3n) is 3.34. The minimum atomic E-state index is -0.211. The molecule has 0 aliphatic carbocycles. The van der Waals surface area contributed by atoms with Crippen LogP contribution in [0.3, 0.4) is 0 Å². The first-order valence-electron chi connectivity index (χ1n) is 7.35. The second-order valence-electron chi connectivity index (χ2n) is 5.17. The molecule has 0 radical (unpaired) electrons. The molecule has 120 valence electrons. The van der Waals surface area contributed by atoms with Gasteiger partial charge in [0.15, 0.2) is 0 Å². The van der Waals surface area contributed by atoms with Gasteiger partial charge in [0.1, 0.15) is 11.5 Å². The molecular weight excluding hydrogens is 292 g/mol. The van der Waals surface area contributed by atoms with Crippen LogP contribution in [0.25, 0.3) is 0 Å². The number of para-hydroxylation sites is 2. The third kappa shape index (κ3) is 5.14. The van der Waals surface area contributed by atoms with Crippen molar-refractivity contribution in [2.45, 2.75) is 13.5 Å². The Morgan fingerprint density at radius 3 is 2.39 bits per heavy atom. The number of nitrogens with one attached hydrogen (secondary N) is 1. The van der Waals surface area contributed by atoms with Crippen LogP contribution in [-0.2, 0) is 16.1 Å². The Kier molecular flexibility index (Phi) is 5.74. The van der Waals surface area contributed by atoms with Crippen molar-refractivity contribution in [3.8, 4) is 11.5 Å². The van der Waals surface area contributed by atoms with Gasteiger partial charge in [0.2, 0.25) is 11.8 Å². The van der Waals surface area contributed by atoms with Crippen LogP contribution in [0.4, 0.5) is 0 Å². The number of nitrogens with zero attached hydrogens (tertiary/aromatic N) is 1. The van der Waals surface area contributed by atoms with Gasteiger partial charge in [0, 0.05) is 26.1 Å². The van der Waals surface area contributed by atoms with Gasteiger partial charge < -0.3 is 15.0 Å². The van der Waals surface area contributed by atoms with E-state index in [9.17, 15) is 9.59 Å². The van der Waals surface area contributed by atoms with Crippen molar-refractivity contribution in [1.82, 2.24) is 10.2 Å². The van der Waals surface area contributed by atoms with E-state index in [-0.39, 0.29) is 18.4 Å². The van der Waals surface area contributed by atoms with Crippen molar-refractivity contribution in [3.05, 3.63) is 60.2 Å². The Morgan fingerprint density at radius 2 is 1.70 bits per heavy atom. The highest BCUT2D eigenvalue weighted by molar-refractivity contribution is 5.83. The lowest BCUT2D eigenvalue weighted by atomic mass is 10.2. The topological polar surface area (TPSA) is 58.6 Å². The zero-order valence-electron chi connectivity index (χ0n) is 13.3. The van der Waals surface area contributed by atoms with Crippen LogP contribution < -0.4 is 10.1 Å². The maximum absolute atomic E-state index is 11.9. The van der Waals surface area contributed by atoms with Crippen LogP contribution in [0, 0.1) is 0 Å². The molecule has 0 bridgehead atoms. The second kappa shape index (κ2) is 7.98. The van der Waals surface area contributed by atoms with E-state index in [4.69, 9.17) is 4.74 Å². The molecule has 0 atom stereocenters. The second-order valence-corrected chi connectivity index (χ2v) is 5.17. The first kappa shape index (κ1) is 16.5. The Morgan fingerprint density at radius 1 is 1.04 bits per heavy atom. The Labute approximate surface area is 135 Å².